The van der Waals surface area contributed by atoms with E-state index in [1.54, 1.807) is 22.9 Å². The molecule has 2 heterocycles. The second kappa shape index (κ2) is 9.01. The molecule has 3 rings (SSSR count). The number of hydrogen-bond acceptors (Lipinski definition) is 5. The first-order chi connectivity index (χ1) is 13.5. The first kappa shape index (κ1) is 20.1. The third kappa shape index (κ3) is 4.78. The third-order valence-corrected chi connectivity index (χ3v) is 5.18. The van der Waals surface area contributed by atoms with E-state index in [2.05, 4.69) is 11.6 Å². The number of aromatic nitrogens is 2. The largest absolute Gasteiger partial charge is 0.402 e. The van der Waals surface area contributed by atoms with Crippen molar-refractivity contribution >= 4 is 5.82 Å². The molecule has 6 nitrogen and oxygen atoms in total. The zero-order valence-corrected chi connectivity index (χ0v) is 16.0. The summed E-state index contributed by atoms with van der Waals surface area (Å²) in [4.78, 5) is 19.7. The highest BCUT2D eigenvalue weighted by molar-refractivity contribution is 5.38. The maximum atomic E-state index is 13.2. The van der Waals surface area contributed by atoms with Crippen molar-refractivity contribution in [2.75, 3.05) is 24.6 Å². The highest BCUT2D eigenvalue weighted by atomic mass is 19.1. The minimum atomic E-state index is -0.306. The summed E-state index contributed by atoms with van der Waals surface area (Å²) in [5.41, 5.74) is 7.96. The van der Waals surface area contributed by atoms with Crippen LogP contribution in [0.5, 0.6) is 0 Å². The van der Waals surface area contributed by atoms with Gasteiger partial charge in [0.1, 0.15) is 5.82 Å². The van der Waals surface area contributed by atoms with Crippen molar-refractivity contribution in [3.8, 4) is 0 Å². The Labute approximate surface area is 164 Å². The fourth-order valence-electron chi connectivity index (χ4n) is 3.53. The zero-order chi connectivity index (χ0) is 20.1. The molecule has 0 spiro atoms. The lowest BCUT2D eigenvalue weighted by atomic mass is 9.94. The lowest BCUT2D eigenvalue weighted by molar-refractivity contribution is 0.288. The van der Waals surface area contributed by atoms with E-state index in [-0.39, 0.29) is 23.9 Å². The van der Waals surface area contributed by atoms with Crippen LogP contribution in [0.4, 0.5) is 10.2 Å². The van der Waals surface area contributed by atoms with Crippen LogP contribution in [-0.2, 0) is 13.0 Å². The number of nitrogens with two attached hydrogens (primary N) is 1. The van der Waals surface area contributed by atoms with Gasteiger partial charge < -0.3 is 20.3 Å². The highest BCUT2D eigenvalue weighted by Crippen LogP contribution is 2.23. The third-order valence-electron chi connectivity index (χ3n) is 5.18. The molecule has 1 aromatic heterocycles. The van der Waals surface area contributed by atoms with Crippen LogP contribution < -0.4 is 16.2 Å². The van der Waals surface area contributed by atoms with Crippen molar-refractivity contribution in [1.82, 2.24) is 9.55 Å². The summed E-state index contributed by atoms with van der Waals surface area (Å²) < 4.78 is 14.8. The summed E-state index contributed by atoms with van der Waals surface area (Å²) in [7, 11) is 0. The Balaban J connectivity index is 1.89. The summed E-state index contributed by atoms with van der Waals surface area (Å²) in [6.07, 6.45) is 4.59. The highest BCUT2D eigenvalue weighted by Gasteiger charge is 2.24. The molecule has 0 bridgehead atoms. The minimum absolute atomic E-state index is 0.0676. The second-order valence-corrected chi connectivity index (χ2v) is 7.28. The molecule has 0 radical (unpaired) electrons. The number of aryl methyl sites for hydroxylation is 1. The molecule has 7 heteroatoms. The van der Waals surface area contributed by atoms with E-state index in [4.69, 9.17) is 10.8 Å². The maximum Gasteiger partial charge on any atom is 0.293 e. The van der Waals surface area contributed by atoms with Crippen LogP contribution in [0.1, 0.15) is 30.5 Å². The molecule has 1 aliphatic rings. The number of rotatable bonds is 7. The van der Waals surface area contributed by atoms with Gasteiger partial charge in [-0.2, -0.15) is 0 Å². The Bertz CT molecular complexity index is 871. The lowest BCUT2D eigenvalue weighted by Gasteiger charge is -2.32. The Morgan fingerprint density at radius 2 is 1.96 bits per heavy atom. The predicted molar refractivity (Wildman–Crippen MR) is 108 cm³/mol. The van der Waals surface area contributed by atoms with E-state index in [0.29, 0.717) is 44.0 Å². The van der Waals surface area contributed by atoms with Gasteiger partial charge in [0.2, 0.25) is 0 Å². The monoisotopic (exact) mass is 386 g/mol. The number of benzene rings is 1. The molecule has 1 aromatic carbocycles. The fraction of sp³-hybridized carbons (Fsp3) is 0.429. The lowest BCUT2D eigenvalue weighted by Crippen LogP contribution is -2.40. The fourth-order valence-corrected chi connectivity index (χ4v) is 3.53. The van der Waals surface area contributed by atoms with Crippen LogP contribution in [0.3, 0.4) is 0 Å². The number of halogens is 1. The molecule has 0 amide bonds. The molecule has 28 heavy (non-hydrogen) atoms. The molecule has 150 valence electrons. The first-order valence-electron chi connectivity index (χ1n) is 9.63. The normalized spacial score (nSPS) is 15.0. The van der Waals surface area contributed by atoms with Crippen molar-refractivity contribution in [2.24, 2.45) is 11.7 Å². The SMILES string of the molecule is C=C(N)C1CCN(c2nc(CCCO)cn(Cc3ccc(F)cc3)c2=O)CC1. The molecule has 3 N–H and O–H groups in total. The van der Waals surface area contributed by atoms with Gasteiger partial charge >= 0.3 is 0 Å². The molecule has 0 aliphatic carbocycles. The first-order valence-corrected chi connectivity index (χ1v) is 9.63. The van der Waals surface area contributed by atoms with E-state index >= 15 is 0 Å². The van der Waals surface area contributed by atoms with E-state index in [9.17, 15) is 9.18 Å². The standard InChI is InChI=1S/C21H27FN4O2/c1-15(23)17-8-10-25(11-9-17)20-21(28)26(14-19(24-20)3-2-12-27)13-16-4-6-18(22)7-5-16/h4-7,14,17,27H,1-3,8-13,23H2. The van der Waals surface area contributed by atoms with E-state index in [1.807, 2.05) is 4.90 Å². The van der Waals surface area contributed by atoms with Crippen molar-refractivity contribution in [3.63, 3.8) is 0 Å². The van der Waals surface area contributed by atoms with Gasteiger partial charge in [-0.1, -0.05) is 18.7 Å². The molecule has 1 aliphatic heterocycles. The number of anilines is 1. The molecular formula is C21H27FN4O2. The quantitative estimate of drug-likeness (QED) is 0.761. The van der Waals surface area contributed by atoms with Crippen molar-refractivity contribution in [1.29, 1.82) is 0 Å². The molecular weight excluding hydrogens is 359 g/mol. The number of nitrogens with zero attached hydrogens (tertiary/aromatic N) is 3. The number of allylic oxidation sites excluding steroid dienone is 1. The molecule has 0 saturated carbocycles. The number of piperidine rings is 1. The smallest absolute Gasteiger partial charge is 0.293 e. The van der Waals surface area contributed by atoms with Gasteiger partial charge in [-0.3, -0.25) is 4.79 Å². The van der Waals surface area contributed by atoms with Crippen LogP contribution in [0.15, 0.2) is 47.5 Å². The Morgan fingerprint density at radius 1 is 1.29 bits per heavy atom. The van der Waals surface area contributed by atoms with Crippen LogP contribution in [0.2, 0.25) is 0 Å². The van der Waals surface area contributed by atoms with Gasteiger partial charge in [-0.15, -0.1) is 0 Å². The minimum Gasteiger partial charge on any atom is -0.402 e. The van der Waals surface area contributed by atoms with Gasteiger partial charge in [-0.25, -0.2) is 9.37 Å². The summed E-state index contributed by atoms with van der Waals surface area (Å²) in [5.74, 6) is 0.397. The number of hydrogen-bond donors (Lipinski definition) is 2. The zero-order valence-electron chi connectivity index (χ0n) is 16.0. The maximum absolute atomic E-state index is 13.2. The van der Waals surface area contributed by atoms with Crippen LogP contribution in [0.25, 0.3) is 0 Å². The molecule has 1 fully saturated rings. The van der Waals surface area contributed by atoms with Crippen LogP contribution in [0, 0.1) is 11.7 Å². The average molecular weight is 386 g/mol. The van der Waals surface area contributed by atoms with Crippen molar-refractivity contribution in [3.05, 3.63) is 70.2 Å². The summed E-state index contributed by atoms with van der Waals surface area (Å²) >= 11 is 0. The van der Waals surface area contributed by atoms with Gasteiger partial charge in [0.25, 0.3) is 5.56 Å². The Hall–Kier alpha value is -2.67. The van der Waals surface area contributed by atoms with E-state index in [1.165, 1.54) is 12.1 Å². The summed E-state index contributed by atoms with van der Waals surface area (Å²) in [5, 5.41) is 9.15. The molecule has 2 aromatic rings. The summed E-state index contributed by atoms with van der Waals surface area (Å²) in [6, 6.07) is 6.13. The van der Waals surface area contributed by atoms with Gasteiger partial charge in [-0.05, 0) is 43.4 Å². The van der Waals surface area contributed by atoms with E-state index in [0.717, 1.165) is 24.1 Å². The summed E-state index contributed by atoms with van der Waals surface area (Å²) in [6.45, 7) is 5.64. The second-order valence-electron chi connectivity index (χ2n) is 7.28. The predicted octanol–water partition coefficient (Wildman–Crippen LogP) is 2.04. The van der Waals surface area contributed by atoms with Gasteiger partial charge in [0, 0.05) is 37.5 Å². The molecule has 0 unspecified atom stereocenters. The van der Waals surface area contributed by atoms with E-state index < -0.39 is 0 Å². The molecule has 0 atom stereocenters. The van der Waals surface area contributed by atoms with Crippen LogP contribution >= 0.6 is 0 Å². The average Bonchev–Trinajstić information content (AvgIpc) is 2.70. The van der Waals surface area contributed by atoms with Crippen molar-refractivity contribution < 1.29 is 9.50 Å². The van der Waals surface area contributed by atoms with Crippen molar-refractivity contribution in [2.45, 2.75) is 32.2 Å². The number of aliphatic hydroxyl groups is 1. The Kier molecular flexibility index (Phi) is 6.46. The van der Waals surface area contributed by atoms with Gasteiger partial charge in [0.15, 0.2) is 5.82 Å². The van der Waals surface area contributed by atoms with Crippen LogP contribution in [-0.4, -0.2) is 34.4 Å². The Morgan fingerprint density at radius 3 is 2.57 bits per heavy atom. The molecule has 1 saturated heterocycles. The number of aliphatic hydroxyl groups excluding tert-OH is 1. The topological polar surface area (TPSA) is 84.4 Å². The van der Waals surface area contributed by atoms with Gasteiger partial charge in [0.05, 0.1) is 12.2 Å².